The van der Waals surface area contributed by atoms with Crippen LogP contribution in [0.5, 0.6) is 11.5 Å². The number of ether oxygens (including phenoxy) is 2. The van der Waals surface area contributed by atoms with E-state index in [0.717, 1.165) is 35.6 Å². The van der Waals surface area contributed by atoms with E-state index in [4.69, 9.17) is 9.47 Å². The summed E-state index contributed by atoms with van der Waals surface area (Å²) in [5.41, 5.74) is 1.78. The highest BCUT2D eigenvalue weighted by Crippen LogP contribution is 2.32. The van der Waals surface area contributed by atoms with Crippen molar-refractivity contribution in [2.45, 2.75) is 25.8 Å². The summed E-state index contributed by atoms with van der Waals surface area (Å²) in [7, 11) is 0. The van der Waals surface area contributed by atoms with Crippen LogP contribution in [0, 0.1) is 5.92 Å². The van der Waals surface area contributed by atoms with Crippen LogP contribution in [0.4, 0.5) is 10.5 Å². The molecule has 2 aliphatic heterocycles. The smallest absolute Gasteiger partial charge is 0.321 e. The quantitative estimate of drug-likeness (QED) is 0.814. The molecule has 0 aliphatic carbocycles. The second-order valence-electron chi connectivity index (χ2n) is 7.40. The van der Waals surface area contributed by atoms with E-state index in [1.54, 1.807) is 0 Å². The maximum atomic E-state index is 12.4. The number of benzene rings is 2. The van der Waals surface area contributed by atoms with Gasteiger partial charge in [0.05, 0.1) is 0 Å². The lowest BCUT2D eigenvalue weighted by atomic mass is 9.93. The van der Waals surface area contributed by atoms with E-state index in [-0.39, 0.29) is 18.7 Å². The van der Waals surface area contributed by atoms with Gasteiger partial charge >= 0.3 is 6.03 Å². The van der Waals surface area contributed by atoms with Gasteiger partial charge in [-0.1, -0.05) is 24.3 Å². The first kappa shape index (κ1) is 19.1. The minimum atomic E-state index is -0.0816. The number of hydrogen-bond donors (Lipinski definition) is 2. The molecule has 3 amide bonds. The van der Waals surface area contributed by atoms with Crippen LogP contribution in [0.2, 0.25) is 0 Å². The number of anilines is 1. The van der Waals surface area contributed by atoms with Gasteiger partial charge in [0, 0.05) is 31.7 Å². The Bertz CT molecular complexity index is 864. The van der Waals surface area contributed by atoms with Crippen LogP contribution in [0.15, 0.2) is 48.5 Å². The Morgan fingerprint density at radius 3 is 2.55 bits per heavy atom. The van der Waals surface area contributed by atoms with Crippen LogP contribution in [0.3, 0.4) is 0 Å². The molecule has 0 spiro atoms. The molecule has 152 valence electrons. The molecule has 1 saturated heterocycles. The topological polar surface area (TPSA) is 79.9 Å². The van der Waals surface area contributed by atoms with Gasteiger partial charge in [0.25, 0.3) is 0 Å². The average Bonchev–Trinajstić information content (AvgIpc) is 3.21. The van der Waals surface area contributed by atoms with Crippen molar-refractivity contribution in [3.05, 3.63) is 54.1 Å². The predicted octanol–water partition coefficient (Wildman–Crippen LogP) is 3.37. The molecule has 0 bridgehead atoms. The molecule has 4 rings (SSSR count). The van der Waals surface area contributed by atoms with Crippen molar-refractivity contribution in [2.24, 2.45) is 5.92 Å². The van der Waals surface area contributed by atoms with Crippen LogP contribution in [0.1, 0.15) is 24.8 Å². The fraction of sp³-hybridized carbons (Fsp3) is 0.364. The minimum Gasteiger partial charge on any atom is -0.454 e. The second-order valence-corrected chi connectivity index (χ2v) is 7.40. The first-order valence-corrected chi connectivity index (χ1v) is 9.93. The zero-order chi connectivity index (χ0) is 20.1. The zero-order valence-electron chi connectivity index (χ0n) is 16.2. The molecule has 7 nitrogen and oxygen atoms in total. The van der Waals surface area contributed by atoms with Gasteiger partial charge in [-0.3, -0.25) is 4.79 Å². The maximum Gasteiger partial charge on any atom is 0.321 e. The van der Waals surface area contributed by atoms with E-state index in [2.05, 4.69) is 10.6 Å². The highest BCUT2D eigenvalue weighted by molar-refractivity contribution is 5.89. The van der Waals surface area contributed by atoms with Crippen LogP contribution in [-0.2, 0) is 11.3 Å². The van der Waals surface area contributed by atoms with Gasteiger partial charge in [0.2, 0.25) is 12.7 Å². The number of carbonyl (C=O) groups is 2. The van der Waals surface area contributed by atoms with Crippen molar-refractivity contribution >= 4 is 17.6 Å². The van der Waals surface area contributed by atoms with Crippen LogP contribution >= 0.6 is 0 Å². The summed E-state index contributed by atoms with van der Waals surface area (Å²) in [5.74, 6) is 1.79. The summed E-state index contributed by atoms with van der Waals surface area (Å²) in [6.07, 6.45) is 2.15. The van der Waals surface area contributed by atoms with E-state index >= 15 is 0 Å². The molecule has 2 aromatic rings. The summed E-state index contributed by atoms with van der Waals surface area (Å²) < 4.78 is 10.7. The summed E-state index contributed by atoms with van der Waals surface area (Å²) in [6.45, 7) is 2.04. The largest absolute Gasteiger partial charge is 0.454 e. The first-order chi connectivity index (χ1) is 14.2. The van der Waals surface area contributed by atoms with Gasteiger partial charge in [0.15, 0.2) is 11.5 Å². The van der Waals surface area contributed by atoms with Crippen molar-refractivity contribution in [1.29, 1.82) is 0 Å². The summed E-state index contributed by atoms with van der Waals surface area (Å²) in [6, 6.07) is 15.0. The van der Waals surface area contributed by atoms with E-state index in [1.165, 1.54) is 0 Å². The van der Waals surface area contributed by atoms with Gasteiger partial charge in [-0.2, -0.15) is 0 Å². The van der Waals surface area contributed by atoms with Gasteiger partial charge in [-0.05, 0) is 48.6 Å². The molecule has 2 aliphatic rings. The van der Waals surface area contributed by atoms with Crippen molar-refractivity contribution in [3.8, 4) is 11.5 Å². The summed E-state index contributed by atoms with van der Waals surface area (Å²) >= 11 is 0. The van der Waals surface area contributed by atoms with Crippen LogP contribution < -0.4 is 20.1 Å². The molecule has 2 aromatic carbocycles. The van der Waals surface area contributed by atoms with E-state index in [0.29, 0.717) is 32.0 Å². The predicted molar refractivity (Wildman–Crippen MR) is 109 cm³/mol. The Balaban J connectivity index is 1.18. The molecule has 7 heteroatoms. The number of para-hydroxylation sites is 1. The molecule has 0 unspecified atom stereocenters. The second kappa shape index (κ2) is 8.86. The fourth-order valence-electron chi connectivity index (χ4n) is 3.65. The summed E-state index contributed by atoms with van der Waals surface area (Å²) in [4.78, 5) is 26.5. The number of nitrogens with zero attached hydrogens (tertiary/aromatic N) is 1. The van der Waals surface area contributed by atoms with Gasteiger partial charge in [-0.25, -0.2) is 4.79 Å². The molecular formula is C22H25N3O4. The highest BCUT2D eigenvalue weighted by Gasteiger charge is 2.24. The minimum absolute atomic E-state index is 0.0369. The SMILES string of the molecule is O=C(CC1CCN(C(=O)Nc2ccccc2)CC1)NCc1ccc2c(c1)OCO2. The third-order valence-corrected chi connectivity index (χ3v) is 5.33. The third kappa shape index (κ3) is 4.99. The van der Waals surface area contributed by atoms with E-state index in [9.17, 15) is 9.59 Å². The van der Waals surface area contributed by atoms with Crippen molar-refractivity contribution in [1.82, 2.24) is 10.2 Å². The standard InChI is InChI=1S/C22H25N3O4/c26-21(23-14-17-6-7-19-20(12-17)29-15-28-19)13-16-8-10-25(11-9-16)22(27)24-18-4-2-1-3-5-18/h1-7,12,16H,8-11,13-15H2,(H,23,26)(H,24,27). The number of likely N-dealkylation sites (tertiary alicyclic amines) is 1. The number of hydrogen-bond acceptors (Lipinski definition) is 4. The molecule has 0 radical (unpaired) electrons. The number of amides is 3. The van der Waals surface area contributed by atoms with Crippen molar-refractivity contribution < 1.29 is 19.1 Å². The van der Waals surface area contributed by atoms with Crippen molar-refractivity contribution in [3.63, 3.8) is 0 Å². The fourth-order valence-corrected chi connectivity index (χ4v) is 3.65. The van der Waals surface area contributed by atoms with E-state index in [1.807, 2.05) is 53.4 Å². The molecule has 0 aromatic heterocycles. The Hall–Kier alpha value is -3.22. The number of fused-ring (bicyclic) bond motifs is 1. The molecule has 2 heterocycles. The molecule has 0 atom stereocenters. The molecular weight excluding hydrogens is 370 g/mol. The molecule has 2 N–H and O–H groups in total. The molecule has 0 saturated carbocycles. The molecule has 1 fully saturated rings. The first-order valence-electron chi connectivity index (χ1n) is 9.93. The number of piperidine rings is 1. The average molecular weight is 395 g/mol. The molecule has 29 heavy (non-hydrogen) atoms. The van der Waals surface area contributed by atoms with Gasteiger partial charge in [-0.15, -0.1) is 0 Å². The highest BCUT2D eigenvalue weighted by atomic mass is 16.7. The van der Waals surface area contributed by atoms with Crippen LogP contribution in [0.25, 0.3) is 0 Å². The number of rotatable bonds is 5. The van der Waals surface area contributed by atoms with Crippen LogP contribution in [-0.4, -0.2) is 36.7 Å². The maximum absolute atomic E-state index is 12.4. The zero-order valence-corrected chi connectivity index (χ0v) is 16.2. The normalized spacial score (nSPS) is 15.8. The lowest BCUT2D eigenvalue weighted by Gasteiger charge is -2.31. The van der Waals surface area contributed by atoms with E-state index < -0.39 is 0 Å². The Kier molecular flexibility index (Phi) is 5.84. The van der Waals surface area contributed by atoms with Crippen molar-refractivity contribution in [2.75, 3.05) is 25.2 Å². The number of urea groups is 1. The lowest BCUT2D eigenvalue weighted by Crippen LogP contribution is -2.41. The van der Waals surface area contributed by atoms with Gasteiger partial charge < -0.3 is 25.0 Å². The van der Waals surface area contributed by atoms with Gasteiger partial charge in [0.1, 0.15) is 0 Å². The Morgan fingerprint density at radius 2 is 1.76 bits per heavy atom. The summed E-state index contributed by atoms with van der Waals surface area (Å²) in [5, 5.41) is 5.89. The lowest BCUT2D eigenvalue weighted by molar-refractivity contribution is -0.122. The Labute approximate surface area is 170 Å². The number of carbonyl (C=O) groups excluding carboxylic acids is 2. The third-order valence-electron chi connectivity index (χ3n) is 5.33. The number of nitrogens with one attached hydrogen (secondary N) is 2. The monoisotopic (exact) mass is 395 g/mol. The Morgan fingerprint density at radius 1 is 1.00 bits per heavy atom.